The molecule has 0 bridgehead atoms. The fourth-order valence-corrected chi connectivity index (χ4v) is 1.08. The van der Waals surface area contributed by atoms with Crippen LogP contribution in [0.15, 0.2) is 61.3 Å². The number of anilines is 1. The molecule has 72 valence electrons. The van der Waals surface area contributed by atoms with Gasteiger partial charge in [0.25, 0.3) is 0 Å². The van der Waals surface area contributed by atoms with E-state index in [9.17, 15) is 0 Å². The lowest BCUT2D eigenvalue weighted by molar-refractivity contribution is 1.45. The molecule has 0 aliphatic heterocycles. The van der Waals surface area contributed by atoms with Gasteiger partial charge in [0.1, 0.15) is 0 Å². The van der Waals surface area contributed by atoms with Gasteiger partial charge < -0.3 is 5.32 Å². The van der Waals surface area contributed by atoms with E-state index in [4.69, 9.17) is 0 Å². The lowest BCUT2D eigenvalue weighted by Gasteiger charge is -2.00. The first-order valence-corrected chi connectivity index (χ1v) is 4.60. The SMILES string of the molecule is C=C/C=C\C=C/Nc1cccc(C)c1. The summed E-state index contributed by atoms with van der Waals surface area (Å²) < 4.78 is 0. The Balaban J connectivity index is 2.49. The van der Waals surface area contributed by atoms with Gasteiger partial charge in [-0.15, -0.1) is 0 Å². The highest BCUT2D eigenvalue weighted by Gasteiger charge is 1.86. The van der Waals surface area contributed by atoms with Crippen LogP contribution >= 0.6 is 0 Å². The monoisotopic (exact) mass is 185 g/mol. The fraction of sp³-hybridized carbons (Fsp3) is 0.0769. The van der Waals surface area contributed by atoms with Crippen molar-refractivity contribution >= 4 is 5.69 Å². The molecule has 0 amide bonds. The summed E-state index contributed by atoms with van der Waals surface area (Å²) >= 11 is 0. The molecule has 1 aromatic carbocycles. The molecular formula is C13H15N. The second-order valence-corrected chi connectivity index (χ2v) is 2.99. The van der Waals surface area contributed by atoms with E-state index in [0.717, 1.165) is 5.69 Å². The number of hydrogen-bond acceptors (Lipinski definition) is 1. The fourth-order valence-electron chi connectivity index (χ4n) is 1.08. The Morgan fingerprint density at radius 3 is 2.79 bits per heavy atom. The third kappa shape index (κ3) is 3.76. The summed E-state index contributed by atoms with van der Waals surface area (Å²) in [7, 11) is 0. The van der Waals surface area contributed by atoms with Crippen LogP contribution in [-0.4, -0.2) is 0 Å². The Hall–Kier alpha value is -1.76. The topological polar surface area (TPSA) is 12.0 Å². The van der Waals surface area contributed by atoms with Crippen LogP contribution in [0.3, 0.4) is 0 Å². The van der Waals surface area contributed by atoms with Crippen LogP contribution in [0.5, 0.6) is 0 Å². The standard InChI is InChI=1S/C13H15N/c1-3-4-5-6-10-14-13-9-7-8-12(2)11-13/h3-11,14H,1H2,2H3/b5-4-,10-6-. The molecule has 0 unspecified atom stereocenters. The third-order valence-corrected chi connectivity index (χ3v) is 1.72. The second kappa shape index (κ2) is 5.81. The number of nitrogens with one attached hydrogen (secondary N) is 1. The molecule has 14 heavy (non-hydrogen) atoms. The van der Waals surface area contributed by atoms with Crippen LogP contribution in [-0.2, 0) is 0 Å². The van der Waals surface area contributed by atoms with E-state index in [2.05, 4.69) is 31.0 Å². The van der Waals surface area contributed by atoms with Gasteiger partial charge in [-0.2, -0.15) is 0 Å². The molecule has 0 radical (unpaired) electrons. The molecule has 0 saturated carbocycles. The van der Waals surface area contributed by atoms with Gasteiger partial charge in [0.2, 0.25) is 0 Å². The molecular weight excluding hydrogens is 170 g/mol. The van der Waals surface area contributed by atoms with Crippen molar-refractivity contribution < 1.29 is 0 Å². The number of hydrogen-bond donors (Lipinski definition) is 1. The average Bonchev–Trinajstić information content (AvgIpc) is 2.18. The highest BCUT2D eigenvalue weighted by Crippen LogP contribution is 2.08. The highest BCUT2D eigenvalue weighted by atomic mass is 14.8. The van der Waals surface area contributed by atoms with Crippen LogP contribution in [0, 0.1) is 6.92 Å². The van der Waals surface area contributed by atoms with E-state index in [1.165, 1.54) is 5.56 Å². The summed E-state index contributed by atoms with van der Waals surface area (Å²) in [5.74, 6) is 0. The highest BCUT2D eigenvalue weighted by molar-refractivity contribution is 5.47. The van der Waals surface area contributed by atoms with Crippen LogP contribution in [0.2, 0.25) is 0 Å². The molecule has 1 nitrogen and oxygen atoms in total. The molecule has 0 spiro atoms. The summed E-state index contributed by atoms with van der Waals surface area (Å²) in [4.78, 5) is 0. The predicted molar refractivity (Wildman–Crippen MR) is 63.3 cm³/mol. The Morgan fingerprint density at radius 1 is 1.21 bits per heavy atom. The van der Waals surface area contributed by atoms with Crippen LogP contribution < -0.4 is 5.32 Å². The van der Waals surface area contributed by atoms with E-state index >= 15 is 0 Å². The number of aryl methyl sites for hydroxylation is 1. The van der Waals surface area contributed by atoms with E-state index < -0.39 is 0 Å². The number of allylic oxidation sites excluding steroid dienone is 4. The summed E-state index contributed by atoms with van der Waals surface area (Å²) in [6.45, 7) is 5.66. The average molecular weight is 185 g/mol. The maximum atomic E-state index is 3.59. The normalized spacial score (nSPS) is 10.9. The maximum absolute atomic E-state index is 3.59. The molecule has 0 aromatic heterocycles. The van der Waals surface area contributed by atoms with Gasteiger partial charge in [-0.1, -0.05) is 36.9 Å². The molecule has 0 saturated heterocycles. The van der Waals surface area contributed by atoms with Gasteiger partial charge in [0.15, 0.2) is 0 Å². The van der Waals surface area contributed by atoms with Crippen molar-refractivity contribution in [2.75, 3.05) is 5.32 Å². The zero-order valence-electron chi connectivity index (χ0n) is 8.40. The molecule has 1 rings (SSSR count). The quantitative estimate of drug-likeness (QED) is 0.706. The van der Waals surface area contributed by atoms with Crippen LogP contribution in [0.4, 0.5) is 5.69 Å². The van der Waals surface area contributed by atoms with Gasteiger partial charge in [0.05, 0.1) is 0 Å². The van der Waals surface area contributed by atoms with Gasteiger partial charge in [-0.25, -0.2) is 0 Å². The van der Waals surface area contributed by atoms with E-state index in [1.54, 1.807) is 6.08 Å². The van der Waals surface area contributed by atoms with Crippen molar-refractivity contribution in [1.82, 2.24) is 0 Å². The lowest BCUT2D eigenvalue weighted by atomic mass is 10.2. The third-order valence-electron chi connectivity index (χ3n) is 1.72. The minimum Gasteiger partial charge on any atom is -0.362 e. The maximum Gasteiger partial charge on any atom is 0.0382 e. The zero-order chi connectivity index (χ0) is 10.2. The molecule has 0 atom stereocenters. The van der Waals surface area contributed by atoms with Gasteiger partial charge in [-0.3, -0.25) is 0 Å². The van der Waals surface area contributed by atoms with Crippen molar-refractivity contribution in [2.24, 2.45) is 0 Å². The van der Waals surface area contributed by atoms with Gasteiger partial charge >= 0.3 is 0 Å². The first-order valence-electron chi connectivity index (χ1n) is 4.60. The Kier molecular flexibility index (Phi) is 4.29. The Labute approximate surface area is 85.5 Å². The van der Waals surface area contributed by atoms with Crippen LogP contribution in [0.25, 0.3) is 0 Å². The van der Waals surface area contributed by atoms with Crippen LogP contribution in [0.1, 0.15) is 5.56 Å². The predicted octanol–water partition coefficient (Wildman–Crippen LogP) is 3.66. The molecule has 1 heteroatoms. The van der Waals surface area contributed by atoms with Crippen molar-refractivity contribution in [3.8, 4) is 0 Å². The minimum atomic E-state index is 1.10. The second-order valence-electron chi connectivity index (χ2n) is 2.99. The van der Waals surface area contributed by atoms with Gasteiger partial charge in [-0.05, 0) is 30.7 Å². The minimum absolute atomic E-state index is 1.10. The van der Waals surface area contributed by atoms with Crippen molar-refractivity contribution in [3.63, 3.8) is 0 Å². The lowest BCUT2D eigenvalue weighted by Crippen LogP contribution is -1.86. The molecule has 0 fully saturated rings. The summed E-state index contributed by atoms with van der Waals surface area (Å²) in [5, 5.41) is 3.18. The van der Waals surface area contributed by atoms with E-state index in [-0.39, 0.29) is 0 Å². The summed E-state index contributed by atoms with van der Waals surface area (Å²) in [6.07, 6.45) is 9.39. The largest absolute Gasteiger partial charge is 0.362 e. The van der Waals surface area contributed by atoms with E-state index in [0.29, 0.717) is 0 Å². The summed E-state index contributed by atoms with van der Waals surface area (Å²) in [5.41, 5.74) is 2.36. The summed E-state index contributed by atoms with van der Waals surface area (Å²) in [6, 6.07) is 8.24. The first kappa shape index (κ1) is 10.3. The Bertz CT molecular complexity index is 348. The molecule has 1 N–H and O–H groups in total. The van der Waals surface area contributed by atoms with Gasteiger partial charge in [0, 0.05) is 11.9 Å². The van der Waals surface area contributed by atoms with E-state index in [1.807, 2.05) is 36.6 Å². The van der Waals surface area contributed by atoms with Crippen molar-refractivity contribution in [3.05, 3.63) is 66.9 Å². The molecule has 1 aromatic rings. The number of rotatable bonds is 4. The zero-order valence-corrected chi connectivity index (χ0v) is 8.40. The smallest absolute Gasteiger partial charge is 0.0382 e. The molecule has 0 aliphatic carbocycles. The number of benzene rings is 1. The Morgan fingerprint density at radius 2 is 2.07 bits per heavy atom. The first-order chi connectivity index (χ1) is 6.83. The van der Waals surface area contributed by atoms with Crippen molar-refractivity contribution in [1.29, 1.82) is 0 Å². The van der Waals surface area contributed by atoms with Crippen molar-refractivity contribution in [2.45, 2.75) is 6.92 Å². The molecule has 0 heterocycles. The molecule has 0 aliphatic rings.